The number of hydrogen-bond donors (Lipinski definition) is 2. The molecule has 158 valence electrons. The molecule has 4 aromatic rings. The van der Waals surface area contributed by atoms with Crippen LogP contribution < -0.4 is 20.3 Å². The number of anilines is 4. The minimum atomic E-state index is -0.197. The Morgan fingerprint density at radius 3 is 2.53 bits per heavy atom. The zero-order valence-electron chi connectivity index (χ0n) is 17.5. The van der Waals surface area contributed by atoms with Gasteiger partial charge in [0.25, 0.3) is 5.91 Å². The fraction of sp³-hybridized carbons (Fsp3) is 0.0741. The van der Waals surface area contributed by atoms with E-state index in [1.165, 1.54) is 10.8 Å². The van der Waals surface area contributed by atoms with Crippen molar-refractivity contribution in [2.24, 2.45) is 0 Å². The molecule has 0 aromatic heterocycles. The predicted molar refractivity (Wildman–Crippen MR) is 131 cm³/mol. The van der Waals surface area contributed by atoms with Crippen molar-refractivity contribution in [1.29, 1.82) is 0 Å². The highest BCUT2D eigenvalue weighted by molar-refractivity contribution is 6.02. The molecule has 2 N–H and O–H groups in total. The van der Waals surface area contributed by atoms with E-state index in [2.05, 4.69) is 64.2 Å². The first-order chi connectivity index (χ1) is 15.8. The van der Waals surface area contributed by atoms with Crippen molar-refractivity contribution < 1.29 is 9.53 Å². The molecule has 0 saturated heterocycles. The van der Waals surface area contributed by atoms with Gasteiger partial charge < -0.3 is 20.3 Å². The molecule has 5 nitrogen and oxygen atoms in total. The average Bonchev–Trinajstić information content (AvgIpc) is 3.07. The third-order valence-electron chi connectivity index (χ3n) is 5.36. The Balaban J connectivity index is 1.33. The fourth-order valence-electron chi connectivity index (χ4n) is 3.84. The van der Waals surface area contributed by atoms with Gasteiger partial charge in [0.05, 0.1) is 11.4 Å². The summed E-state index contributed by atoms with van der Waals surface area (Å²) in [5.74, 6) is 0.475. The monoisotopic (exact) mass is 421 g/mol. The summed E-state index contributed by atoms with van der Waals surface area (Å²) in [6.45, 7) is 0.722. The van der Waals surface area contributed by atoms with Gasteiger partial charge in [-0.2, -0.15) is 0 Å². The number of carbonyl (C=O) groups excluding carboxylic acids is 1. The highest BCUT2D eigenvalue weighted by atomic mass is 16.5. The maximum atomic E-state index is 12.2. The van der Waals surface area contributed by atoms with Crippen LogP contribution in [0.3, 0.4) is 0 Å². The lowest BCUT2D eigenvalue weighted by Crippen LogP contribution is -2.20. The lowest BCUT2D eigenvalue weighted by atomic mass is 10.1. The second-order valence-electron chi connectivity index (χ2n) is 7.51. The lowest BCUT2D eigenvalue weighted by molar-refractivity contribution is -0.118. The summed E-state index contributed by atoms with van der Waals surface area (Å²) in [7, 11) is 0. The number of benzene rings is 4. The summed E-state index contributed by atoms with van der Waals surface area (Å²) in [4.78, 5) is 14.4. The molecule has 0 radical (unpaired) electrons. The van der Waals surface area contributed by atoms with Gasteiger partial charge in [-0.25, -0.2) is 0 Å². The van der Waals surface area contributed by atoms with Crippen molar-refractivity contribution >= 4 is 39.4 Å². The molecule has 1 amide bonds. The molecule has 0 bridgehead atoms. The normalized spacial score (nSPS) is 12.6. The van der Waals surface area contributed by atoms with Crippen molar-refractivity contribution in [2.45, 2.75) is 0 Å². The molecule has 5 rings (SSSR count). The third kappa shape index (κ3) is 4.14. The van der Waals surface area contributed by atoms with E-state index in [-0.39, 0.29) is 12.5 Å². The molecular formula is C27H23N3O2. The largest absolute Gasteiger partial charge is 0.484 e. The quantitative estimate of drug-likeness (QED) is 0.419. The van der Waals surface area contributed by atoms with E-state index in [0.717, 1.165) is 29.3 Å². The summed E-state index contributed by atoms with van der Waals surface area (Å²) in [5.41, 5.74) is 3.94. The van der Waals surface area contributed by atoms with Gasteiger partial charge in [-0.05, 0) is 53.9 Å². The number of para-hydroxylation sites is 1. The molecule has 0 spiro atoms. The van der Waals surface area contributed by atoms with Gasteiger partial charge in [-0.1, -0.05) is 48.5 Å². The summed E-state index contributed by atoms with van der Waals surface area (Å²) < 4.78 is 5.51. The maximum Gasteiger partial charge on any atom is 0.262 e. The number of nitrogens with zero attached hydrogens (tertiary/aromatic N) is 1. The number of carbonyl (C=O) groups is 1. The Bertz CT molecular complexity index is 1270. The van der Waals surface area contributed by atoms with Crippen LogP contribution in [0.4, 0.5) is 22.7 Å². The van der Waals surface area contributed by atoms with Gasteiger partial charge >= 0.3 is 0 Å². The molecule has 1 aliphatic rings. The van der Waals surface area contributed by atoms with Gasteiger partial charge in [0.1, 0.15) is 5.75 Å². The number of rotatable bonds is 5. The molecule has 0 aliphatic carbocycles. The van der Waals surface area contributed by atoms with Crippen LogP contribution in [0.5, 0.6) is 5.75 Å². The second-order valence-corrected chi connectivity index (χ2v) is 7.51. The minimum Gasteiger partial charge on any atom is -0.484 e. The van der Waals surface area contributed by atoms with Crippen LogP contribution in [-0.4, -0.2) is 19.1 Å². The van der Waals surface area contributed by atoms with Crippen LogP contribution in [-0.2, 0) is 4.79 Å². The average molecular weight is 422 g/mol. The van der Waals surface area contributed by atoms with Gasteiger partial charge in [-0.3, -0.25) is 4.79 Å². The molecule has 5 heteroatoms. The van der Waals surface area contributed by atoms with E-state index in [1.807, 2.05) is 54.6 Å². The third-order valence-corrected chi connectivity index (χ3v) is 5.36. The zero-order valence-corrected chi connectivity index (χ0v) is 17.5. The number of amides is 1. The number of nitrogens with one attached hydrogen (secondary N) is 2. The Hall–Kier alpha value is -4.25. The molecule has 0 saturated carbocycles. The number of ether oxygens (including phenoxy) is 1. The topological polar surface area (TPSA) is 53.6 Å². The maximum absolute atomic E-state index is 12.2. The van der Waals surface area contributed by atoms with E-state index in [1.54, 1.807) is 0 Å². The number of fused-ring (bicyclic) bond motifs is 3. The number of hydrogen-bond acceptors (Lipinski definition) is 4. The SMILES string of the molecule is O=C(COc1ccccc1)Nc1ccc(N2C=CCNc3c2ccc2ccccc32)cc1. The molecule has 0 fully saturated rings. The molecule has 32 heavy (non-hydrogen) atoms. The van der Waals surface area contributed by atoms with Crippen LogP contribution in [0.2, 0.25) is 0 Å². The molecule has 0 unspecified atom stereocenters. The Morgan fingerprint density at radius 2 is 1.69 bits per heavy atom. The summed E-state index contributed by atoms with van der Waals surface area (Å²) >= 11 is 0. The molecule has 1 aliphatic heterocycles. The first kappa shape index (κ1) is 19.7. The Labute approximate surface area is 186 Å². The lowest BCUT2D eigenvalue weighted by Gasteiger charge is -2.23. The molecule has 1 heterocycles. The Morgan fingerprint density at radius 1 is 0.906 bits per heavy atom. The van der Waals surface area contributed by atoms with E-state index in [9.17, 15) is 4.79 Å². The molecule has 0 atom stereocenters. The molecular weight excluding hydrogens is 398 g/mol. The van der Waals surface area contributed by atoms with Crippen molar-refractivity contribution in [3.8, 4) is 5.75 Å². The van der Waals surface area contributed by atoms with Gasteiger partial charge in [0.15, 0.2) is 6.61 Å². The highest BCUT2D eigenvalue weighted by Crippen LogP contribution is 2.39. The van der Waals surface area contributed by atoms with Crippen molar-refractivity contribution in [3.63, 3.8) is 0 Å². The zero-order chi connectivity index (χ0) is 21.8. The van der Waals surface area contributed by atoms with Gasteiger partial charge in [-0.15, -0.1) is 0 Å². The predicted octanol–water partition coefficient (Wildman–Crippen LogP) is 5.93. The Kier molecular flexibility index (Phi) is 5.45. The molecule has 4 aromatic carbocycles. The van der Waals surface area contributed by atoms with Crippen molar-refractivity contribution in [3.05, 3.63) is 103 Å². The van der Waals surface area contributed by atoms with E-state index in [0.29, 0.717) is 5.75 Å². The van der Waals surface area contributed by atoms with Crippen LogP contribution in [0, 0.1) is 0 Å². The van der Waals surface area contributed by atoms with Crippen LogP contribution in [0.15, 0.2) is 103 Å². The first-order valence-corrected chi connectivity index (χ1v) is 10.6. The van der Waals surface area contributed by atoms with Gasteiger partial charge in [0, 0.05) is 29.5 Å². The fourth-order valence-corrected chi connectivity index (χ4v) is 3.84. The minimum absolute atomic E-state index is 0.0350. The van der Waals surface area contributed by atoms with E-state index < -0.39 is 0 Å². The smallest absolute Gasteiger partial charge is 0.262 e. The first-order valence-electron chi connectivity index (χ1n) is 10.6. The van der Waals surface area contributed by atoms with E-state index >= 15 is 0 Å². The second kappa shape index (κ2) is 8.86. The standard InChI is InChI=1S/C27H23N3O2/c31-26(19-32-23-8-2-1-3-9-23)29-21-12-14-22(15-13-21)30-18-6-17-28-27-24-10-5-4-7-20(24)11-16-25(27)30/h1-16,18,28H,17,19H2,(H,29,31). The summed E-state index contributed by atoms with van der Waals surface area (Å²) in [6, 6.07) is 29.8. The van der Waals surface area contributed by atoms with E-state index in [4.69, 9.17) is 4.74 Å². The summed E-state index contributed by atoms with van der Waals surface area (Å²) in [5, 5.41) is 8.82. The van der Waals surface area contributed by atoms with Crippen molar-refractivity contribution in [1.82, 2.24) is 0 Å². The van der Waals surface area contributed by atoms with Crippen molar-refractivity contribution in [2.75, 3.05) is 28.7 Å². The van der Waals surface area contributed by atoms with Crippen LogP contribution in [0.25, 0.3) is 10.8 Å². The van der Waals surface area contributed by atoms with Gasteiger partial charge in [0.2, 0.25) is 0 Å². The summed E-state index contributed by atoms with van der Waals surface area (Å²) in [6.07, 6.45) is 4.18. The van der Waals surface area contributed by atoms with Crippen LogP contribution in [0.1, 0.15) is 0 Å². The highest BCUT2D eigenvalue weighted by Gasteiger charge is 2.16. The van der Waals surface area contributed by atoms with Crippen LogP contribution >= 0.6 is 0 Å².